The summed E-state index contributed by atoms with van der Waals surface area (Å²) in [6.07, 6.45) is 0. The van der Waals surface area contributed by atoms with Gasteiger partial charge in [0, 0.05) is 23.0 Å². The van der Waals surface area contributed by atoms with Gasteiger partial charge in [0.25, 0.3) is 0 Å². The third-order valence-electron chi connectivity index (χ3n) is 3.17. The molecule has 0 bridgehead atoms. The number of anilines is 1. The van der Waals surface area contributed by atoms with Gasteiger partial charge in [-0.2, -0.15) is 0 Å². The van der Waals surface area contributed by atoms with E-state index in [2.05, 4.69) is 10.3 Å². The minimum atomic E-state index is 0.600. The van der Waals surface area contributed by atoms with Gasteiger partial charge in [-0.15, -0.1) is 0 Å². The highest BCUT2D eigenvalue weighted by Gasteiger charge is 2.23. The van der Waals surface area contributed by atoms with Crippen LogP contribution in [0.1, 0.15) is 0 Å². The van der Waals surface area contributed by atoms with Gasteiger partial charge in [-0.3, -0.25) is 4.90 Å². The van der Waals surface area contributed by atoms with E-state index in [0.29, 0.717) is 15.2 Å². The summed E-state index contributed by atoms with van der Waals surface area (Å²) in [4.78, 5) is 6.62. The van der Waals surface area contributed by atoms with Gasteiger partial charge in [-0.05, 0) is 42.5 Å². The molecule has 3 nitrogen and oxygen atoms in total. The average molecular weight is 382 g/mol. The van der Waals surface area contributed by atoms with E-state index in [1.807, 2.05) is 53.4 Å². The second kappa shape index (κ2) is 7.53. The Morgan fingerprint density at radius 1 is 1.17 bits per heavy atom. The molecule has 0 spiro atoms. The molecule has 1 aliphatic rings. The lowest BCUT2D eigenvalue weighted by atomic mass is 10.3. The maximum Gasteiger partial charge on any atom is 0.179 e. The number of thioether (sulfide) groups is 1. The first-order chi connectivity index (χ1) is 11.1. The molecule has 0 aromatic heterocycles. The number of hydrogen-bond donors (Lipinski definition) is 1. The van der Waals surface area contributed by atoms with Crippen molar-refractivity contribution in [1.82, 2.24) is 4.90 Å². The molecule has 7 heteroatoms. The Balaban J connectivity index is 1.78. The summed E-state index contributed by atoms with van der Waals surface area (Å²) in [7, 11) is 0. The van der Waals surface area contributed by atoms with Crippen molar-refractivity contribution in [3.8, 4) is 0 Å². The summed E-state index contributed by atoms with van der Waals surface area (Å²) in [6, 6.07) is 15.0. The van der Waals surface area contributed by atoms with Gasteiger partial charge < -0.3 is 5.32 Å². The summed E-state index contributed by atoms with van der Waals surface area (Å²) in [6.45, 7) is 0.806. The smallest absolute Gasteiger partial charge is 0.179 e. The fourth-order valence-corrected chi connectivity index (χ4v) is 3.76. The van der Waals surface area contributed by atoms with Gasteiger partial charge in [0.05, 0.1) is 10.7 Å². The van der Waals surface area contributed by atoms with E-state index in [1.165, 1.54) is 0 Å². The van der Waals surface area contributed by atoms with Crippen LogP contribution < -0.4 is 5.32 Å². The quantitative estimate of drug-likeness (QED) is 0.702. The van der Waals surface area contributed by atoms with Crippen molar-refractivity contribution in [3.05, 3.63) is 58.6 Å². The van der Waals surface area contributed by atoms with Gasteiger partial charge in [-0.25, -0.2) is 4.99 Å². The molecule has 1 fully saturated rings. The predicted octanol–water partition coefficient (Wildman–Crippen LogP) is 5.43. The molecule has 118 valence electrons. The van der Waals surface area contributed by atoms with Crippen LogP contribution in [0.25, 0.3) is 0 Å². The fraction of sp³-hybridized carbons (Fsp3) is 0.125. The first-order valence-electron chi connectivity index (χ1n) is 6.93. The van der Waals surface area contributed by atoms with Crippen molar-refractivity contribution in [2.24, 2.45) is 4.99 Å². The zero-order valence-electron chi connectivity index (χ0n) is 12.0. The number of benzene rings is 2. The van der Waals surface area contributed by atoms with Crippen molar-refractivity contribution in [2.45, 2.75) is 0 Å². The van der Waals surface area contributed by atoms with Crippen LogP contribution in [-0.4, -0.2) is 27.5 Å². The second-order valence-electron chi connectivity index (χ2n) is 4.79. The van der Waals surface area contributed by atoms with Crippen molar-refractivity contribution in [3.63, 3.8) is 0 Å². The van der Waals surface area contributed by atoms with Crippen molar-refractivity contribution in [2.75, 3.05) is 17.6 Å². The Hall–Kier alpha value is -1.27. The van der Waals surface area contributed by atoms with E-state index in [1.54, 1.807) is 11.8 Å². The summed E-state index contributed by atoms with van der Waals surface area (Å²) in [5, 5.41) is 5.94. The maximum absolute atomic E-state index is 6.18. The first-order valence-corrected chi connectivity index (χ1v) is 9.08. The minimum absolute atomic E-state index is 0.600. The zero-order valence-corrected chi connectivity index (χ0v) is 15.1. The van der Waals surface area contributed by atoms with Gasteiger partial charge in [0.15, 0.2) is 10.3 Å². The molecule has 2 aromatic carbocycles. The number of para-hydroxylation sites is 1. The molecule has 1 aliphatic heterocycles. The lowest BCUT2D eigenvalue weighted by molar-refractivity contribution is 0.687. The monoisotopic (exact) mass is 381 g/mol. The van der Waals surface area contributed by atoms with Gasteiger partial charge in [0.2, 0.25) is 0 Å². The molecule has 1 N–H and O–H groups in total. The highest BCUT2D eigenvalue weighted by atomic mass is 35.5. The Morgan fingerprint density at radius 2 is 2.00 bits per heavy atom. The Kier molecular flexibility index (Phi) is 5.43. The van der Waals surface area contributed by atoms with Crippen LogP contribution in [0.15, 0.2) is 53.5 Å². The SMILES string of the molecule is S=C(Nc1cccc(Cl)c1)N1CCS/C1=N/c1ccccc1Cl. The highest BCUT2D eigenvalue weighted by Crippen LogP contribution is 2.28. The van der Waals surface area contributed by atoms with E-state index in [0.717, 1.165) is 28.8 Å². The summed E-state index contributed by atoms with van der Waals surface area (Å²) < 4.78 is 0. The van der Waals surface area contributed by atoms with Crippen LogP contribution in [0, 0.1) is 0 Å². The Labute approximate surface area is 154 Å². The van der Waals surface area contributed by atoms with E-state index in [9.17, 15) is 0 Å². The number of aliphatic imine (C=N–C) groups is 1. The molecule has 0 saturated carbocycles. The van der Waals surface area contributed by atoms with Crippen LogP contribution in [-0.2, 0) is 0 Å². The number of thiocarbonyl (C=S) groups is 1. The number of halogens is 2. The number of hydrogen-bond acceptors (Lipinski definition) is 3. The first kappa shape index (κ1) is 16.6. The average Bonchev–Trinajstić information content (AvgIpc) is 2.98. The molecule has 2 aromatic rings. The molecule has 3 rings (SSSR count). The van der Waals surface area contributed by atoms with Crippen LogP contribution in [0.3, 0.4) is 0 Å². The van der Waals surface area contributed by atoms with Crippen LogP contribution in [0.4, 0.5) is 11.4 Å². The van der Waals surface area contributed by atoms with Crippen LogP contribution >= 0.6 is 47.2 Å². The molecule has 0 atom stereocenters. The zero-order chi connectivity index (χ0) is 16.2. The molecule has 0 unspecified atom stereocenters. The minimum Gasteiger partial charge on any atom is -0.332 e. The summed E-state index contributed by atoms with van der Waals surface area (Å²) in [5.74, 6) is 0.931. The molecular formula is C16H13Cl2N3S2. The van der Waals surface area contributed by atoms with Gasteiger partial charge in [0.1, 0.15) is 0 Å². The molecule has 0 aliphatic carbocycles. The van der Waals surface area contributed by atoms with E-state index >= 15 is 0 Å². The largest absolute Gasteiger partial charge is 0.332 e. The lowest BCUT2D eigenvalue weighted by Crippen LogP contribution is -2.35. The maximum atomic E-state index is 6.18. The van der Waals surface area contributed by atoms with Gasteiger partial charge in [-0.1, -0.05) is 53.2 Å². The van der Waals surface area contributed by atoms with E-state index in [4.69, 9.17) is 35.4 Å². The number of nitrogens with zero attached hydrogens (tertiary/aromatic N) is 2. The Morgan fingerprint density at radius 3 is 2.78 bits per heavy atom. The predicted molar refractivity (Wildman–Crippen MR) is 105 cm³/mol. The second-order valence-corrected chi connectivity index (χ2v) is 7.08. The van der Waals surface area contributed by atoms with E-state index in [-0.39, 0.29) is 0 Å². The molecule has 0 amide bonds. The highest BCUT2D eigenvalue weighted by molar-refractivity contribution is 8.14. The van der Waals surface area contributed by atoms with Crippen molar-refractivity contribution >= 4 is 68.8 Å². The van der Waals surface area contributed by atoms with E-state index < -0.39 is 0 Å². The summed E-state index contributed by atoms with van der Waals surface area (Å²) >= 11 is 19.4. The molecule has 23 heavy (non-hydrogen) atoms. The molecule has 1 heterocycles. The number of nitrogens with one attached hydrogen (secondary N) is 1. The normalized spacial score (nSPS) is 15.9. The van der Waals surface area contributed by atoms with Crippen LogP contribution in [0.5, 0.6) is 0 Å². The van der Waals surface area contributed by atoms with Crippen molar-refractivity contribution < 1.29 is 0 Å². The number of rotatable bonds is 2. The summed E-state index contributed by atoms with van der Waals surface area (Å²) in [5.41, 5.74) is 1.60. The standard InChI is InChI=1S/C16H13Cl2N3S2/c17-11-4-3-5-12(10-11)19-15(22)21-8-9-23-16(21)20-14-7-2-1-6-13(14)18/h1-7,10H,8-9H2,(H,19,22)/b20-16+. The third kappa shape index (κ3) is 4.18. The molecule has 0 radical (unpaired) electrons. The molecular weight excluding hydrogens is 369 g/mol. The van der Waals surface area contributed by atoms with Crippen molar-refractivity contribution in [1.29, 1.82) is 0 Å². The van der Waals surface area contributed by atoms with Gasteiger partial charge >= 0.3 is 0 Å². The molecule has 1 saturated heterocycles. The topological polar surface area (TPSA) is 27.6 Å². The van der Waals surface area contributed by atoms with Crippen LogP contribution in [0.2, 0.25) is 10.0 Å². The Bertz CT molecular complexity index is 764. The third-order valence-corrected chi connectivity index (χ3v) is 5.00. The fourth-order valence-electron chi connectivity index (χ4n) is 2.09. The number of amidine groups is 1. The lowest BCUT2D eigenvalue weighted by Gasteiger charge is -2.20.